The van der Waals surface area contributed by atoms with E-state index in [-0.39, 0.29) is 30.4 Å². The predicted molar refractivity (Wildman–Crippen MR) is 124 cm³/mol. The largest absolute Gasteiger partial charge is 0.491 e. The predicted octanol–water partition coefficient (Wildman–Crippen LogP) is 3.60. The van der Waals surface area contributed by atoms with Gasteiger partial charge in [0.05, 0.1) is 25.8 Å². The van der Waals surface area contributed by atoms with Crippen molar-refractivity contribution >= 4 is 5.91 Å². The molecule has 0 spiro atoms. The number of hydrogen-bond acceptors (Lipinski definition) is 5. The van der Waals surface area contributed by atoms with Crippen molar-refractivity contribution in [3.05, 3.63) is 83.6 Å². The highest BCUT2D eigenvalue weighted by molar-refractivity contribution is 5.78. The number of hydrogen-bond donors (Lipinski definition) is 1. The molecule has 0 unspecified atom stereocenters. The van der Waals surface area contributed by atoms with Gasteiger partial charge in [0.25, 0.3) is 0 Å². The Bertz CT molecular complexity index is 1100. The summed E-state index contributed by atoms with van der Waals surface area (Å²) in [5.41, 5.74) is 2.31. The molecule has 0 bridgehead atoms. The van der Waals surface area contributed by atoms with Crippen LogP contribution in [0.3, 0.4) is 0 Å². The van der Waals surface area contributed by atoms with Crippen molar-refractivity contribution in [3.8, 4) is 17.0 Å². The van der Waals surface area contributed by atoms with E-state index < -0.39 is 5.82 Å². The van der Waals surface area contributed by atoms with Gasteiger partial charge in [0.15, 0.2) is 5.82 Å². The Balaban J connectivity index is 1.28. The summed E-state index contributed by atoms with van der Waals surface area (Å²) in [7, 11) is 0. The highest BCUT2D eigenvalue weighted by Crippen LogP contribution is 2.24. The van der Waals surface area contributed by atoms with E-state index in [0.29, 0.717) is 23.5 Å². The average Bonchev–Trinajstić information content (AvgIpc) is 2.84. The molecule has 1 N–H and O–H groups in total. The Morgan fingerprint density at radius 1 is 1.06 bits per heavy atom. The summed E-state index contributed by atoms with van der Waals surface area (Å²) in [6.07, 6.45) is 1.69. The standard InChI is InChI=1S/C26H27F2N3O3/c27-22-3-1-2-20(14-22)17-29-25(32)15-19-4-6-21(7-5-19)26-24(28)16-23(18-30-26)34-13-10-31-8-11-33-12-9-31/h1-7,14,16,18H,8-13,15,17H2,(H,29,32). The Morgan fingerprint density at radius 2 is 1.85 bits per heavy atom. The molecule has 1 aliphatic rings. The summed E-state index contributed by atoms with van der Waals surface area (Å²) in [5.74, 6) is -0.596. The van der Waals surface area contributed by atoms with Crippen molar-refractivity contribution in [2.45, 2.75) is 13.0 Å². The molecule has 1 aliphatic heterocycles. The van der Waals surface area contributed by atoms with Crippen molar-refractivity contribution in [1.82, 2.24) is 15.2 Å². The van der Waals surface area contributed by atoms with E-state index >= 15 is 0 Å². The highest BCUT2D eigenvalue weighted by atomic mass is 19.1. The minimum Gasteiger partial charge on any atom is -0.491 e. The molecule has 0 saturated carbocycles. The summed E-state index contributed by atoms with van der Waals surface area (Å²) in [4.78, 5) is 18.7. The number of halogens is 2. The fraction of sp³-hybridized carbons (Fsp3) is 0.308. The third kappa shape index (κ3) is 6.82. The normalized spacial score (nSPS) is 14.1. The average molecular weight is 468 g/mol. The van der Waals surface area contributed by atoms with Crippen molar-refractivity contribution in [3.63, 3.8) is 0 Å². The summed E-state index contributed by atoms with van der Waals surface area (Å²) < 4.78 is 38.9. The van der Waals surface area contributed by atoms with Crippen LogP contribution in [-0.2, 0) is 22.5 Å². The van der Waals surface area contributed by atoms with Gasteiger partial charge < -0.3 is 14.8 Å². The van der Waals surface area contributed by atoms with E-state index in [1.165, 1.54) is 24.4 Å². The van der Waals surface area contributed by atoms with E-state index in [0.717, 1.165) is 38.4 Å². The molecule has 1 amide bonds. The van der Waals surface area contributed by atoms with Gasteiger partial charge in [-0.05, 0) is 23.3 Å². The van der Waals surface area contributed by atoms with Gasteiger partial charge >= 0.3 is 0 Å². The number of aromatic nitrogens is 1. The van der Waals surface area contributed by atoms with Gasteiger partial charge in [-0.15, -0.1) is 0 Å². The number of benzene rings is 2. The van der Waals surface area contributed by atoms with E-state index in [1.807, 2.05) is 0 Å². The van der Waals surface area contributed by atoms with E-state index in [2.05, 4.69) is 15.2 Å². The van der Waals surface area contributed by atoms with Crippen molar-refractivity contribution in [2.24, 2.45) is 0 Å². The minimum absolute atomic E-state index is 0.168. The van der Waals surface area contributed by atoms with Crippen LogP contribution in [0.25, 0.3) is 11.3 Å². The van der Waals surface area contributed by atoms with Crippen LogP contribution in [0.4, 0.5) is 8.78 Å². The van der Waals surface area contributed by atoms with Crippen LogP contribution in [-0.4, -0.2) is 55.2 Å². The first-order valence-electron chi connectivity index (χ1n) is 11.3. The number of rotatable bonds is 9. The lowest BCUT2D eigenvalue weighted by molar-refractivity contribution is -0.120. The molecule has 0 aliphatic carbocycles. The Kier molecular flexibility index (Phi) is 8.17. The molecule has 4 rings (SSSR count). The number of amides is 1. The molecule has 6 nitrogen and oxygen atoms in total. The molecular weight excluding hydrogens is 440 g/mol. The third-order valence-corrected chi connectivity index (χ3v) is 5.57. The number of nitrogens with one attached hydrogen (secondary N) is 1. The number of carbonyl (C=O) groups is 1. The number of morpholine rings is 1. The summed E-state index contributed by atoms with van der Waals surface area (Å²) in [6, 6.07) is 14.5. The van der Waals surface area contributed by atoms with Crippen LogP contribution in [0, 0.1) is 11.6 Å². The molecule has 8 heteroatoms. The lowest BCUT2D eigenvalue weighted by Gasteiger charge is -2.26. The maximum atomic E-state index is 14.7. The number of carbonyl (C=O) groups excluding carboxylic acids is 1. The lowest BCUT2D eigenvalue weighted by Crippen LogP contribution is -2.38. The minimum atomic E-state index is -0.468. The van der Waals surface area contributed by atoms with Gasteiger partial charge in [-0.25, -0.2) is 13.8 Å². The number of ether oxygens (including phenoxy) is 2. The van der Waals surface area contributed by atoms with Crippen LogP contribution >= 0.6 is 0 Å². The third-order valence-electron chi connectivity index (χ3n) is 5.57. The maximum absolute atomic E-state index is 14.7. The Hall–Kier alpha value is -3.36. The highest BCUT2D eigenvalue weighted by Gasteiger charge is 2.12. The van der Waals surface area contributed by atoms with Crippen LogP contribution in [0.15, 0.2) is 60.8 Å². The van der Waals surface area contributed by atoms with Crippen LogP contribution in [0.5, 0.6) is 5.75 Å². The molecule has 34 heavy (non-hydrogen) atoms. The smallest absolute Gasteiger partial charge is 0.224 e. The van der Waals surface area contributed by atoms with Gasteiger partial charge in [0, 0.05) is 37.8 Å². The SMILES string of the molecule is O=C(Cc1ccc(-c2ncc(OCCN3CCOCC3)cc2F)cc1)NCc1cccc(F)c1. The Morgan fingerprint density at radius 3 is 2.59 bits per heavy atom. The second-order valence-electron chi connectivity index (χ2n) is 8.08. The van der Waals surface area contributed by atoms with Crippen molar-refractivity contribution in [2.75, 3.05) is 39.5 Å². The molecule has 2 heterocycles. The van der Waals surface area contributed by atoms with Crippen LogP contribution in [0.2, 0.25) is 0 Å². The fourth-order valence-corrected chi connectivity index (χ4v) is 3.71. The topological polar surface area (TPSA) is 63.7 Å². The van der Waals surface area contributed by atoms with Crippen LogP contribution in [0.1, 0.15) is 11.1 Å². The van der Waals surface area contributed by atoms with Crippen LogP contribution < -0.4 is 10.1 Å². The zero-order chi connectivity index (χ0) is 23.8. The van der Waals surface area contributed by atoms with Gasteiger partial charge in [-0.1, -0.05) is 36.4 Å². The maximum Gasteiger partial charge on any atom is 0.224 e. The fourth-order valence-electron chi connectivity index (χ4n) is 3.71. The van der Waals surface area contributed by atoms with Gasteiger partial charge in [-0.2, -0.15) is 0 Å². The second kappa shape index (κ2) is 11.7. The Labute approximate surface area is 197 Å². The quantitative estimate of drug-likeness (QED) is 0.521. The number of nitrogens with zero attached hydrogens (tertiary/aromatic N) is 2. The summed E-state index contributed by atoms with van der Waals surface area (Å²) >= 11 is 0. The molecule has 0 radical (unpaired) electrons. The molecule has 2 aromatic carbocycles. The summed E-state index contributed by atoms with van der Waals surface area (Å²) in [5, 5.41) is 2.77. The van der Waals surface area contributed by atoms with Gasteiger partial charge in [0.2, 0.25) is 5.91 Å². The first kappa shape index (κ1) is 23.8. The molecule has 178 valence electrons. The van der Waals surface area contributed by atoms with Gasteiger partial charge in [-0.3, -0.25) is 9.69 Å². The zero-order valence-corrected chi connectivity index (χ0v) is 18.8. The molecule has 1 saturated heterocycles. The van der Waals surface area contributed by atoms with Gasteiger partial charge in [0.1, 0.15) is 23.9 Å². The molecule has 3 aromatic rings. The zero-order valence-electron chi connectivity index (χ0n) is 18.8. The first-order chi connectivity index (χ1) is 16.6. The summed E-state index contributed by atoms with van der Waals surface area (Å²) in [6.45, 7) is 4.66. The monoisotopic (exact) mass is 467 g/mol. The second-order valence-corrected chi connectivity index (χ2v) is 8.08. The van der Waals surface area contributed by atoms with Crippen molar-refractivity contribution in [1.29, 1.82) is 0 Å². The van der Waals surface area contributed by atoms with E-state index in [9.17, 15) is 13.6 Å². The lowest BCUT2D eigenvalue weighted by atomic mass is 10.1. The van der Waals surface area contributed by atoms with E-state index in [4.69, 9.17) is 9.47 Å². The molecule has 1 aromatic heterocycles. The number of pyridine rings is 1. The van der Waals surface area contributed by atoms with Crippen molar-refractivity contribution < 1.29 is 23.0 Å². The molecular formula is C26H27F2N3O3. The first-order valence-corrected chi connectivity index (χ1v) is 11.3. The molecule has 1 fully saturated rings. The molecule has 0 atom stereocenters. The van der Waals surface area contributed by atoms with E-state index in [1.54, 1.807) is 36.4 Å².